The maximum Gasteiger partial charge on any atom is 0.471 e. The van der Waals surface area contributed by atoms with Crippen LogP contribution in [0.25, 0.3) is 5.69 Å². The van der Waals surface area contributed by atoms with Crippen molar-refractivity contribution in [1.29, 1.82) is 0 Å². The van der Waals surface area contributed by atoms with Crippen LogP contribution in [0.4, 0.5) is 23.2 Å². The molecule has 2 amide bonds. The highest BCUT2D eigenvalue weighted by Gasteiger charge is 2.41. The molecule has 0 fully saturated rings. The maximum atomic E-state index is 13.2. The van der Waals surface area contributed by atoms with E-state index in [1.54, 1.807) is 41.9 Å². The summed E-state index contributed by atoms with van der Waals surface area (Å²) in [5.41, 5.74) is 3.61. The lowest BCUT2D eigenvalue weighted by Gasteiger charge is -2.22. The van der Waals surface area contributed by atoms with Crippen molar-refractivity contribution < 1.29 is 27.2 Å². The van der Waals surface area contributed by atoms with Gasteiger partial charge in [-0.2, -0.15) is 18.3 Å². The summed E-state index contributed by atoms with van der Waals surface area (Å²) in [7, 11) is 0. The Bertz CT molecular complexity index is 1190. The average molecular weight is 476 g/mol. The number of alkyl halides is 3. The van der Waals surface area contributed by atoms with Crippen molar-refractivity contribution in [3.8, 4) is 5.69 Å². The lowest BCUT2D eigenvalue weighted by Crippen LogP contribution is -2.40. The van der Waals surface area contributed by atoms with E-state index in [2.05, 4.69) is 10.4 Å². The van der Waals surface area contributed by atoms with Gasteiger partial charge >= 0.3 is 12.1 Å². The molecule has 0 aliphatic rings. The molecule has 0 unspecified atom stereocenters. The Kier molecular flexibility index (Phi) is 7.38. The second-order valence-electron chi connectivity index (χ2n) is 7.78. The molecule has 0 saturated carbocycles. The Labute approximate surface area is 194 Å². The van der Waals surface area contributed by atoms with Crippen molar-refractivity contribution in [2.24, 2.45) is 0 Å². The predicted molar refractivity (Wildman–Crippen MR) is 119 cm³/mol. The van der Waals surface area contributed by atoms with Crippen LogP contribution in [0.2, 0.25) is 0 Å². The fourth-order valence-corrected chi connectivity index (χ4v) is 3.60. The van der Waals surface area contributed by atoms with Crippen LogP contribution in [-0.4, -0.2) is 39.2 Å². The standard InChI is InChI=1S/C24H24F4N4O2/c1-4-31(23(34)24(26,27)28)14-17-6-5-7-19(12-17)29-22(33)13-21-15(2)30-32(16(21)3)20-10-8-18(25)9-11-20/h5-12H,4,13-14H2,1-3H3,(H,29,33). The zero-order chi connectivity index (χ0) is 25.0. The zero-order valence-corrected chi connectivity index (χ0v) is 18.9. The molecule has 0 aliphatic carbocycles. The van der Waals surface area contributed by atoms with Crippen molar-refractivity contribution >= 4 is 17.5 Å². The number of carbonyl (C=O) groups is 2. The molecule has 180 valence electrons. The van der Waals surface area contributed by atoms with Crippen LogP contribution in [0.1, 0.15) is 29.4 Å². The van der Waals surface area contributed by atoms with Gasteiger partial charge in [-0.15, -0.1) is 0 Å². The average Bonchev–Trinajstić information content (AvgIpc) is 3.05. The van der Waals surface area contributed by atoms with Crippen LogP contribution < -0.4 is 5.32 Å². The van der Waals surface area contributed by atoms with Crippen molar-refractivity contribution in [1.82, 2.24) is 14.7 Å². The molecule has 0 aliphatic heterocycles. The molecule has 1 N–H and O–H groups in total. The summed E-state index contributed by atoms with van der Waals surface area (Å²) in [6.45, 7) is 4.70. The van der Waals surface area contributed by atoms with E-state index >= 15 is 0 Å². The molecule has 3 rings (SSSR count). The first-order valence-electron chi connectivity index (χ1n) is 10.6. The normalized spacial score (nSPS) is 11.4. The monoisotopic (exact) mass is 476 g/mol. The Morgan fingerprint density at radius 2 is 1.76 bits per heavy atom. The number of hydrogen-bond donors (Lipinski definition) is 1. The quantitative estimate of drug-likeness (QED) is 0.502. The molecular weight excluding hydrogens is 452 g/mol. The molecule has 0 radical (unpaired) electrons. The van der Waals surface area contributed by atoms with Gasteiger partial charge in [-0.05, 0) is 62.7 Å². The van der Waals surface area contributed by atoms with Gasteiger partial charge in [0.1, 0.15) is 5.82 Å². The molecule has 0 saturated heterocycles. The lowest BCUT2D eigenvalue weighted by molar-refractivity contribution is -0.185. The Balaban J connectivity index is 1.71. The van der Waals surface area contributed by atoms with Gasteiger partial charge in [0, 0.05) is 30.0 Å². The minimum atomic E-state index is -4.95. The number of aryl methyl sites for hydroxylation is 1. The molecule has 0 atom stereocenters. The number of halogens is 4. The summed E-state index contributed by atoms with van der Waals surface area (Å²) in [5.74, 6) is -2.61. The number of amides is 2. The van der Waals surface area contributed by atoms with E-state index in [0.717, 1.165) is 5.69 Å². The molecule has 34 heavy (non-hydrogen) atoms. The first-order valence-corrected chi connectivity index (χ1v) is 10.6. The third-order valence-electron chi connectivity index (χ3n) is 5.35. The molecule has 10 heteroatoms. The number of nitrogens with one attached hydrogen (secondary N) is 1. The van der Waals surface area contributed by atoms with E-state index < -0.39 is 12.1 Å². The third-order valence-corrected chi connectivity index (χ3v) is 5.35. The summed E-state index contributed by atoms with van der Waals surface area (Å²) < 4.78 is 53.2. The third kappa shape index (κ3) is 5.81. The maximum absolute atomic E-state index is 13.2. The second-order valence-corrected chi connectivity index (χ2v) is 7.78. The topological polar surface area (TPSA) is 67.2 Å². The molecule has 1 aromatic heterocycles. The first-order chi connectivity index (χ1) is 16.0. The van der Waals surface area contributed by atoms with Gasteiger partial charge in [-0.1, -0.05) is 12.1 Å². The second kappa shape index (κ2) is 10.1. The molecule has 1 heterocycles. The van der Waals surface area contributed by atoms with Gasteiger partial charge in [-0.3, -0.25) is 9.59 Å². The number of carbonyl (C=O) groups excluding carboxylic acids is 2. The van der Waals surface area contributed by atoms with Crippen LogP contribution >= 0.6 is 0 Å². The van der Waals surface area contributed by atoms with Gasteiger partial charge in [0.05, 0.1) is 17.8 Å². The highest BCUT2D eigenvalue weighted by molar-refractivity contribution is 5.92. The van der Waals surface area contributed by atoms with Gasteiger partial charge in [-0.25, -0.2) is 9.07 Å². The summed E-state index contributed by atoms with van der Waals surface area (Å²) in [6.07, 6.45) is -4.92. The first kappa shape index (κ1) is 24.9. The minimum absolute atomic E-state index is 0.0245. The van der Waals surface area contributed by atoms with Gasteiger partial charge in [0.25, 0.3) is 0 Å². The van der Waals surface area contributed by atoms with E-state index in [9.17, 15) is 27.2 Å². The number of anilines is 1. The number of benzene rings is 2. The van der Waals surface area contributed by atoms with Crippen molar-refractivity contribution in [2.45, 2.75) is 39.9 Å². The SMILES string of the molecule is CCN(Cc1cccc(NC(=O)Cc2c(C)nn(-c3ccc(F)cc3)c2C)c1)C(=O)C(F)(F)F. The Hall–Kier alpha value is -3.69. The van der Waals surface area contributed by atoms with Crippen molar-refractivity contribution in [3.05, 3.63) is 76.9 Å². The van der Waals surface area contributed by atoms with Crippen molar-refractivity contribution in [3.63, 3.8) is 0 Å². The van der Waals surface area contributed by atoms with Crippen LogP contribution in [-0.2, 0) is 22.6 Å². The van der Waals surface area contributed by atoms with E-state index in [-0.39, 0.29) is 31.2 Å². The van der Waals surface area contributed by atoms with Gasteiger partial charge < -0.3 is 10.2 Å². The fourth-order valence-electron chi connectivity index (χ4n) is 3.60. The molecule has 0 spiro atoms. The Morgan fingerprint density at radius 1 is 1.09 bits per heavy atom. The summed E-state index contributed by atoms with van der Waals surface area (Å²) in [5, 5.41) is 7.19. The number of hydrogen-bond acceptors (Lipinski definition) is 3. The predicted octanol–water partition coefficient (Wildman–Crippen LogP) is 4.72. The van der Waals surface area contributed by atoms with Gasteiger partial charge in [0.15, 0.2) is 0 Å². The highest BCUT2D eigenvalue weighted by Crippen LogP contribution is 2.22. The van der Waals surface area contributed by atoms with Gasteiger partial charge in [0.2, 0.25) is 5.91 Å². The Morgan fingerprint density at radius 3 is 2.38 bits per heavy atom. The smallest absolute Gasteiger partial charge is 0.331 e. The summed E-state index contributed by atoms with van der Waals surface area (Å²) >= 11 is 0. The van der Waals surface area contributed by atoms with E-state index in [4.69, 9.17) is 0 Å². The fraction of sp³-hybridized carbons (Fsp3) is 0.292. The number of nitrogens with zero attached hydrogens (tertiary/aromatic N) is 3. The van der Waals surface area contributed by atoms with Crippen LogP contribution in [0.15, 0.2) is 48.5 Å². The lowest BCUT2D eigenvalue weighted by atomic mass is 10.1. The number of aromatic nitrogens is 2. The number of rotatable bonds is 7. The molecule has 2 aromatic carbocycles. The van der Waals surface area contributed by atoms with Crippen molar-refractivity contribution in [2.75, 3.05) is 11.9 Å². The van der Waals surface area contributed by atoms with E-state index in [1.165, 1.54) is 25.1 Å². The van der Waals surface area contributed by atoms with Crippen LogP contribution in [0, 0.1) is 19.7 Å². The highest BCUT2D eigenvalue weighted by atomic mass is 19.4. The molecular formula is C24H24F4N4O2. The van der Waals surface area contributed by atoms with Crippen LogP contribution in [0.3, 0.4) is 0 Å². The zero-order valence-electron chi connectivity index (χ0n) is 18.9. The molecule has 6 nitrogen and oxygen atoms in total. The largest absolute Gasteiger partial charge is 0.471 e. The summed E-state index contributed by atoms with van der Waals surface area (Å²) in [6, 6.07) is 12.2. The van der Waals surface area contributed by atoms with Crippen LogP contribution in [0.5, 0.6) is 0 Å². The summed E-state index contributed by atoms with van der Waals surface area (Å²) in [4.78, 5) is 24.9. The van der Waals surface area contributed by atoms with E-state index in [0.29, 0.717) is 33.1 Å². The minimum Gasteiger partial charge on any atom is -0.331 e. The molecule has 0 bridgehead atoms. The van der Waals surface area contributed by atoms with E-state index in [1.807, 2.05) is 6.92 Å². The molecule has 3 aromatic rings.